The molecule has 3 aromatic carbocycles. The Kier molecular flexibility index (Phi) is 27.4. The lowest BCUT2D eigenvalue weighted by Gasteiger charge is -1.92. The van der Waals surface area contributed by atoms with Crippen LogP contribution in [0, 0.1) is 6.92 Å². The van der Waals surface area contributed by atoms with Gasteiger partial charge in [-0.2, -0.15) is 30.3 Å². The number of para-hydroxylation sites is 4. The molecule has 0 aliphatic carbocycles. The first kappa shape index (κ1) is 60.9. The molecular formula is C53H68N26. The molecule has 0 unspecified atom stereocenters. The van der Waals surface area contributed by atoms with E-state index >= 15 is 0 Å². The van der Waals surface area contributed by atoms with E-state index in [-0.39, 0.29) is 0 Å². The second-order valence-electron chi connectivity index (χ2n) is 16.4. The molecule has 0 radical (unpaired) electrons. The van der Waals surface area contributed by atoms with Crippen molar-refractivity contribution in [2.75, 3.05) is 0 Å². The molecule has 0 fully saturated rings. The number of hydrogen-bond acceptors (Lipinski definition) is 16. The van der Waals surface area contributed by atoms with Gasteiger partial charge in [0.15, 0.2) is 6.33 Å². The maximum atomic E-state index is 4.18. The van der Waals surface area contributed by atoms with Crippen LogP contribution in [0.5, 0.6) is 0 Å². The average Bonchev–Trinajstić information content (AvgIpc) is 4.30. The van der Waals surface area contributed by atoms with E-state index in [0.29, 0.717) is 0 Å². The van der Waals surface area contributed by atoms with E-state index in [9.17, 15) is 0 Å². The fourth-order valence-corrected chi connectivity index (χ4v) is 5.82. The highest BCUT2D eigenvalue weighted by atomic mass is 15.6. The third-order valence-corrected chi connectivity index (χ3v) is 9.79. The molecule has 0 aliphatic heterocycles. The lowest BCUT2D eigenvalue weighted by molar-refractivity contribution is 0.630. The monoisotopic (exact) mass is 1070 g/mol. The van der Waals surface area contributed by atoms with E-state index in [4.69, 9.17) is 0 Å². The first-order chi connectivity index (χ1) is 38.3. The van der Waals surface area contributed by atoms with Crippen molar-refractivity contribution in [2.45, 2.75) is 6.92 Å². The second-order valence-corrected chi connectivity index (χ2v) is 16.4. The van der Waals surface area contributed by atoms with Gasteiger partial charge in [0.2, 0.25) is 0 Å². The van der Waals surface area contributed by atoms with E-state index in [2.05, 4.69) is 148 Å². The predicted molar refractivity (Wildman–Crippen MR) is 303 cm³/mol. The Morgan fingerprint density at radius 3 is 1.47 bits per heavy atom. The molecule has 0 N–H and O–H groups in total. The number of benzene rings is 3. The fourth-order valence-electron chi connectivity index (χ4n) is 5.82. The van der Waals surface area contributed by atoms with Crippen LogP contribution >= 0.6 is 0 Å². The fraction of sp³-hybridized carbons (Fsp3) is 0.208. The summed E-state index contributed by atoms with van der Waals surface area (Å²) in [6.07, 6.45) is 29.8. The number of rotatable bonds is 0. The van der Waals surface area contributed by atoms with E-state index in [1.54, 1.807) is 71.9 Å². The number of aromatic nitrogens is 26. The molecule has 11 heterocycles. The van der Waals surface area contributed by atoms with Gasteiger partial charge in [-0.1, -0.05) is 48.5 Å². The first-order valence-electron chi connectivity index (χ1n) is 24.1. The number of imidazole rings is 2. The van der Waals surface area contributed by atoms with E-state index in [1.165, 1.54) is 55.8 Å². The molecule has 0 bridgehead atoms. The zero-order chi connectivity index (χ0) is 56.9. The summed E-state index contributed by atoms with van der Waals surface area (Å²) in [5, 5.41) is 49.3. The number of nitrogens with zero attached hydrogens (tertiary/aromatic N) is 26. The van der Waals surface area contributed by atoms with E-state index < -0.39 is 0 Å². The number of tetrazole rings is 2. The Morgan fingerprint density at radius 1 is 0.380 bits per heavy atom. The van der Waals surface area contributed by atoms with Gasteiger partial charge in [-0.05, 0) is 88.6 Å². The molecule has 0 spiro atoms. The van der Waals surface area contributed by atoms with Crippen LogP contribution in [0.1, 0.15) is 5.69 Å². The van der Waals surface area contributed by atoms with Crippen LogP contribution in [-0.2, 0) is 70.5 Å². The molecule has 0 amide bonds. The Hall–Kier alpha value is -10.7. The SMILES string of the molecule is Cc1cccnn1.Cn1ccc2ccccc21.Cn1cccc1.Cn1cccn1.Cn1ccnc1.Cn1cnc2ccccc21.Cn1cncn1.Cn1cnnc1.Cn1cnnn1.Cn1ncc2ccccc21.Cn1ncnn1. The smallest absolute Gasteiger partial charge is 0.162 e. The minimum atomic E-state index is 0.961. The van der Waals surface area contributed by atoms with Crippen LogP contribution in [0.4, 0.5) is 0 Å². The lowest BCUT2D eigenvalue weighted by Crippen LogP contribution is -1.90. The molecule has 0 saturated heterocycles. The van der Waals surface area contributed by atoms with Crippen LogP contribution in [0.3, 0.4) is 0 Å². The van der Waals surface area contributed by atoms with Crippen molar-refractivity contribution >= 4 is 32.8 Å². The van der Waals surface area contributed by atoms with Crippen LogP contribution in [0.2, 0.25) is 0 Å². The standard InChI is InChI=1S/C9H9N.2C8H8N2.C5H6N2.C5H7N.2C4H6N2.2C3H5N3.2C2H4N4/c1-10-7-6-8-4-2-3-5-9(8)10;1-10-6-9-7-4-2-3-5-8(7)10;1-10-8-5-3-2-4-7(8)6-9-10;1-5-3-2-4-6-7-5;1-6-4-2-3-5-6;1-6-3-2-5-4-6;1-6-4-2-3-5-6;1-6-2-4-5-3-6;1-6-3-4-2-5-6;1-6-2-3-4-5-6;1-6-4-2-3-5-6/h2-7H,1H3;2*2-6H,1H3;2-4H,1H3;2-5H,1H3;2*2-4H,1H3;2*2-3H,1H3;2*2H,1H3. The molecule has 14 rings (SSSR count). The van der Waals surface area contributed by atoms with Gasteiger partial charge in [-0.3, -0.25) is 14.0 Å². The Labute approximate surface area is 457 Å². The molecule has 0 saturated carbocycles. The molecule has 14 aromatic rings. The van der Waals surface area contributed by atoms with Gasteiger partial charge in [-0.25, -0.2) is 19.6 Å². The third-order valence-electron chi connectivity index (χ3n) is 9.79. The molecule has 26 nitrogen and oxygen atoms in total. The number of hydrogen-bond donors (Lipinski definition) is 0. The average molecular weight is 1070 g/mol. The van der Waals surface area contributed by atoms with Crippen molar-refractivity contribution in [2.24, 2.45) is 70.5 Å². The molecule has 410 valence electrons. The van der Waals surface area contributed by atoms with Gasteiger partial charge in [0, 0.05) is 124 Å². The number of aryl methyl sites for hydroxylation is 11. The maximum Gasteiger partial charge on any atom is 0.162 e. The van der Waals surface area contributed by atoms with Crippen molar-refractivity contribution in [3.63, 3.8) is 0 Å². The summed E-state index contributed by atoms with van der Waals surface area (Å²) in [6.45, 7) is 1.91. The van der Waals surface area contributed by atoms with Crippen LogP contribution in [-0.4, -0.2) is 128 Å². The van der Waals surface area contributed by atoms with Crippen molar-refractivity contribution in [1.29, 1.82) is 0 Å². The minimum Gasteiger partial charge on any atom is -0.357 e. The van der Waals surface area contributed by atoms with E-state index in [0.717, 1.165) is 11.2 Å². The maximum absolute atomic E-state index is 4.18. The Bertz CT molecular complexity index is 3070. The van der Waals surface area contributed by atoms with Gasteiger partial charge >= 0.3 is 0 Å². The molecule has 0 aliphatic rings. The van der Waals surface area contributed by atoms with Crippen LogP contribution < -0.4 is 0 Å². The van der Waals surface area contributed by atoms with Gasteiger partial charge in [0.05, 0.1) is 48.1 Å². The van der Waals surface area contributed by atoms with Crippen molar-refractivity contribution in [3.05, 3.63) is 221 Å². The molecular weight excluding hydrogens is 1000 g/mol. The van der Waals surface area contributed by atoms with Gasteiger partial charge in [-0.15, -0.1) is 25.5 Å². The van der Waals surface area contributed by atoms with Crippen LogP contribution in [0.15, 0.2) is 216 Å². The molecule has 11 aromatic heterocycles. The largest absolute Gasteiger partial charge is 0.357 e. The zero-order valence-electron chi connectivity index (χ0n) is 46.3. The summed E-state index contributed by atoms with van der Waals surface area (Å²) in [7, 11) is 19.0. The molecule has 26 heteroatoms. The molecule has 79 heavy (non-hydrogen) atoms. The Morgan fingerprint density at radius 2 is 1.09 bits per heavy atom. The highest BCUT2D eigenvalue weighted by Crippen LogP contribution is 2.13. The van der Waals surface area contributed by atoms with Gasteiger partial charge < -0.3 is 22.8 Å². The second kappa shape index (κ2) is 35.5. The van der Waals surface area contributed by atoms with Gasteiger partial charge in [0.25, 0.3) is 0 Å². The predicted octanol–water partition coefficient (Wildman–Crippen LogP) is 6.03. The van der Waals surface area contributed by atoms with Crippen molar-refractivity contribution in [1.82, 2.24) is 128 Å². The minimum absolute atomic E-state index is 0.961. The summed E-state index contributed by atoms with van der Waals surface area (Å²) in [5.41, 5.74) is 5.68. The highest BCUT2D eigenvalue weighted by Gasteiger charge is 1.95. The first-order valence-corrected chi connectivity index (χ1v) is 24.1. The van der Waals surface area contributed by atoms with Crippen molar-refractivity contribution < 1.29 is 0 Å². The van der Waals surface area contributed by atoms with E-state index in [1.807, 2.05) is 173 Å². The normalized spacial score (nSPS) is 9.46. The number of fused-ring (bicyclic) bond motifs is 3. The molecule has 0 atom stereocenters. The van der Waals surface area contributed by atoms with Gasteiger partial charge in [0.1, 0.15) is 31.6 Å². The summed E-state index contributed by atoms with van der Waals surface area (Å²) in [4.78, 5) is 13.0. The summed E-state index contributed by atoms with van der Waals surface area (Å²) in [5.74, 6) is 0. The highest BCUT2D eigenvalue weighted by molar-refractivity contribution is 5.80. The summed E-state index contributed by atoms with van der Waals surface area (Å²) >= 11 is 0. The summed E-state index contributed by atoms with van der Waals surface area (Å²) in [6, 6.07) is 36.4. The lowest BCUT2D eigenvalue weighted by atomic mass is 10.2. The summed E-state index contributed by atoms with van der Waals surface area (Å²) < 4.78 is 16.6. The third kappa shape index (κ3) is 25.4. The zero-order valence-corrected chi connectivity index (χ0v) is 46.3. The topological polar surface area (TPSA) is 256 Å². The van der Waals surface area contributed by atoms with Crippen molar-refractivity contribution in [3.8, 4) is 0 Å². The van der Waals surface area contributed by atoms with Crippen LogP contribution in [0.25, 0.3) is 32.8 Å². The quantitative estimate of drug-likeness (QED) is 0.168. The Balaban J connectivity index is 0.000000189.